The number of piperidine rings is 1. The summed E-state index contributed by atoms with van der Waals surface area (Å²) in [6.45, 7) is 9.25. The van der Waals surface area contributed by atoms with Gasteiger partial charge in [-0.05, 0) is 56.2 Å². The van der Waals surface area contributed by atoms with E-state index in [4.69, 9.17) is 4.74 Å². The van der Waals surface area contributed by atoms with Crippen molar-refractivity contribution in [1.29, 1.82) is 0 Å². The maximum atomic E-state index is 13.0. The van der Waals surface area contributed by atoms with E-state index in [0.717, 1.165) is 6.42 Å². The molecule has 7 nitrogen and oxygen atoms in total. The van der Waals surface area contributed by atoms with Crippen LogP contribution in [0.5, 0.6) is 5.75 Å². The fourth-order valence-corrected chi connectivity index (χ4v) is 3.78. The summed E-state index contributed by atoms with van der Waals surface area (Å²) in [5.74, 6) is 0.571. The Labute approximate surface area is 185 Å². The Balaban J connectivity index is 2.11. The molecule has 0 spiro atoms. The molecule has 2 rings (SSSR count). The van der Waals surface area contributed by atoms with Gasteiger partial charge in [0.05, 0.1) is 7.11 Å². The van der Waals surface area contributed by atoms with Crippen LogP contribution in [0.4, 0.5) is 0 Å². The molecule has 1 aromatic carbocycles. The first-order chi connectivity index (χ1) is 14.7. The van der Waals surface area contributed by atoms with E-state index in [-0.39, 0.29) is 29.7 Å². The summed E-state index contributed by atoms with van der Waals surface area (Å²) in [5.41, 5.74) is 0.449. The third-order valence-electron chi connectivity index (χ3n) is 5.85. The molecular weight excluding hydrogens is 394 g/mol. The van der Waals surface area contributed by atoms with Gasteiger partial charge in [0, 0.05) is 31.1 Å². The molecule has 1 aliphatic heterocycles. The molecule has 0 aliphatic carbocycles. The predicted octanol–water partition coefficient (Wildman–Crippen LogP) is 2.99. The lowest BCUT2D eigenvalue weighted by molar-refractivity contribution is -0.133. The monoisotopic (exact) mass is 431 g/mol. The molecule has 0 bridgehead atoms. The largest absolute Gasteiger partial charge is 0.497 e. The van der Waals surface area contributed by atoms with Crippen molar-refractivity contribution in [3.63, 3.8) is 0 Å². The van der Waals surface area contributed by atoms with E-state index < -0.39 is 6.04 Å². The van der Waals surface area contributed by atoms with Crippen LogP contribution in [0.2, 0.25) is 0 Å². The van der Waals surface area contributed by atoms with Gasteiger partial charge in [0.1, 0.15) is 11.8 Å². The highest BCUT2D eigenvalue weighted by atomic mass is 16.5. The average molecular weight is 432 g/mol. The van der Waals surface area contributed by atoms with Crippen LogP contribution in [0.3, 0.4) is 0 Å². The normalized spacial score (nSPS) is 16.5. The Bertz CT molecular complexity index is 757. The number of benzene rings is 1. The molecule has 0 unspecified atom stereocenters. The maximum Gasteiger partial charge on any atom is 0.252 e. The molecule has 2 N–H and O–H groups in total. The van der Waals surface area contributed by atoms with Crippen molar-refractivity contribution in [3.8, 4) is 5.75 Å². The van der Waals surface area contributed by atoms with Crippen LogP contribution >= 0.6 is 0 Å². The number of hydrogen-bond acceptors (Lipinski definition) is 4. The van der Waals surface area contributed by atoms with Gasteiger partial charge in [-0.25, -0.2) is 0 Å². The second kappa shape index (κ2) is 11.7. The minimum atomic E-state index is -0.643. The van der Waals surface area contributed by atoms with Crippen molar-refractivity contribution in [3.05, 3.63) is 29.8 Å². The molecule has 7 heteroatoms. The topological polar surface area (TPSA) is 87.7 Å². The number of amides is 3. The highest BCUT2D eigenvalue weighted by Gasteiger charge is 2.34. The van der Waals surface area contributed by atoms with E-state index in [1.807, 2.05) is 32.6 Å². The second-order valence-corrected chi connectivity index (χ2v) is 8.82. The SMILES string of the molecule is CC[C@H](C)NC(=O)[C@H](NC(=O)c1cccc(OC)c1)C1CCN(C(=O)CC(C)C)CC1. The standard InChI is InChI=1S/C24H37N3O4/c1-6-17(4)25-24(30)22(26-23(29)19-8-7-9-20(15-19)31-5)18-10-12-27(13-11-18)21(28)14-16(2)3/h7-9,15-18,22H,6,10-14H2,1-5H3,(H,25,30)(H,26,29)/t17-,22+/m0/s1. The van der Waals surface area contributed by atoms with E-state index >= 15 is 0 Å². The summed E-state index contributed by atoms with van der Waals surface area (Å²) < 4.78 is 5.21. The minimum absolute atomic E-state index is 0.0245. The molecule has 0 radical (unpaired) electrons. The van der Waals surface area contributed by atoms with E-state index in [1.165, 1.54) is 0 Å². The van der Waals surface area contributed by atoms with Gasteiger partial charge < -0.3 is 20.3 Å². The lowest BCUT2D eigenvalue weighted by atomic mass is 9.88. The second-order valence-electron chi connectivity index (χ2n) is 8.82. The van der Waals surface area contributed by atoms with E-state index in [1.54, 1.807) is 31.4 Å². The van der Waals surface area contributed by atoms with Gasteiger partial charge in [-0.2, -0.15) is 0 Å². The maximum absolute atomic E-state index is 13.0. The number of rotatable bonds is 9. The van der Waals surface area contributed by atoms with Gasteiger partial charge in [0.15, 0.2) is 0 Å². The molecule has 31 heavy (non-hydrogen) atoms. The molecule has 1 aliphatic rings. The number of hydrogen-bond donors (Lipinski definition) is 2. The number of carbonyl (C=O) groups is 3. The Morgan fingerprint density at radius 1 is 1.13 bits per heavy atom. The summed E-state index contributed by atoms with van der Waals surface area (Å²) in [4.78, 5) is 40.2. The molecule has 172 valence electrons. The molecule has 2 atom stereocenters. The van der Waals surface area contributed by atoms with Gasteiger partial charge in [0.25, 0.3) is 5.91 Å². The number of likely N-dealkylation sites (tertiary alicyclic amines) is 1. The van der Waals surface area contributed by atoms with Gasteiger partial charge >= 0.3 is 0 Å². The minimum Gasteiger partial charge on any atom is -0.497 e. The Morgan fingerprint density at radius 2 is 1.81 bits per heavy atom. The lowest BCUT2D eigenvalue weighted by Gasteiger charge is -2.36. The summed E-state index contributed by atoms with van der Waals surface area (Å²) in [6.07, 6.45) is 2.71. The molecule has 0 saturated carbocycles. The van der Waals surface area contributed by atoms with Crippen molar-refractivity contribution in [2.24, 2.45) is 11.8 Å². The molecular formula is C24H37N3O4. The summed E-state index contributed by atoms with van der Waals surface area (Å²) in [6, 6.07) is 6.27. The number of carbonyl (C=O) groups excluding carboxylic acids is 3. The van der Waals surface area contributed by atoms with Crippen LogP contribution in [-0.4, -0.2) is 54.9 Å². The summed E-state index contributed by atoms with van der Waals surface area (Å²) in [7, 11) is 1.55. The van der Waals surface area contributed by atoms with Gasteiger partial charge in [-0.15, -0.1) is 0 Å². The predicted molar refractivity (Wildman–Crippen MR) is 121 cm³/mol. The zero-order valence-electron chi connectivity index (χ0n) is 19.4. The Hall–Kier alpha value is -2.57. The van der Waals surface area contributed by atoms with Gasteiger partial charge in [-0.1, -0.05) is 26.8 Å². The number of nitrogens with one attached hydrogen (secondary N) is 2. The Kier molecular flexibility index (Phi) is 9.34. The fraction of sp³-hybridized carbons (Fsp3) is 0.625. The molecule has 0 aromatic heterocycles. The third-order valence-corrected chi connectivity index (χ3v) is 5.85. The van der Waals surface area contributed by atoms with E-state index in [9.17, 15) is 14.4 Å². The quantitative estimate of drug-likeness (QED) is 0.629. The first kappa shape index (κ1) is 24.7. The van der Waals surface area contributed by atoms with Crippen LogP contribution in [0.15, 0.2) is 24.3 Å². The van der Waals surface area contributed by atoms with Crippen molar-refractivity contribution in [2.75, 3.05) is 20.2 Å². The van der Waals surface area contributed by atoms with Crippen LogP contribution < -0.4 is 15.4 Å². The van der Waals surface area contributed by atoms with Crippen molar-refractivity contribution >= 4 is 17.7 Å². The zero-order chi connectivity index (χ0) is 23.0. The average Bonchev–Trinajstić information content (AvgIpc) is 2.76. The number of ether oxygens (including phenoxy) is 1. The summed E-state index contributed by atoms with van der Waals surface area (Å²) in [5, 5.41) is 5.96. The smallest absolute Gasteiger partial charge is 0.252 e. The molecule has 3 amide bonds. The van der Waals surface area contributed by atoms with Crippen LogP contribution in [0.25, 0.3) is 0 Å². The first-order valence-electron chi connectivity index (χ1n) is 11.3. The zero-order valence-corrected chi connectivity index (χ0v) is 19.4. The first-order valence-corrected chi connectivity index (χ1v) is 11.3. The third kappa shape index (κ3) is 7.26. The van der Waals surface area contributed by atoms with Crippen molar-refractivity contribution < 1.29 is 19.1 Å². The van der Waals surface area contributed by atoms with Crippen LogP contribution in [0.1, 0.15) is 63.7 Å². The van der Waals surface area contributed by atoms with E-state index in [0.29, 0.717) is 49.6 Å². The molecule has 1 heterocycles. The highest BCUT2D eigenvalue weighted by molar-refractivity contribution is 5.98. The fourth-order valence-electron chi connectivity index (χ4n) is 3.78. The van der Waals surface area contributed by atoms with Crippen LogP contribution in [0, 0.1) is 11.8 Å². The van der Waals surface area contributed by atoms with Crippen LogP contribution in [-0.2, 0) is 9.59 Å². The molecule has 1 saturated heterocycles. The summed E-state index contributed by atoms with van der Waals surface area (Å²) >= 11 is 0. The lowest BCUT2D eigenvalue weighted by Crippen LogP contribution is -2.55. The Morgan fingerprint density at radius 3 is 2.39 bits per heavy atom. The van der Waals surface area contributed by atoms with Crippen molar-refractivity contribution in [2.45, 2.75) is 65.5 Å². The van der Waals surface area contributed by atoms with Gasteiger partial charge in [-0.3, -0.25) is 14.4 Å². The number of methoxy groups -OCH3 is 1. The molecule has 1 fully saturated rings. The highest BCUT2D eigenvalue weighted by Crippen LogP contribution is 2.23. The van der Waals surface area contributed by atoms with Gasteiger partial charge in [0.2, 0.25) is 11.8 Å². The van der Waals surface area contributed by atoms with Crippen molar-refractivity contribution in [1.82, 2.24) is 15.5 Å². The van der Waals surface area contributed by atoms with E-state index in [2.05, 4.69) is 10.6 Å². The number of nitrogens with zero attached hydrogens (tertiary/aromatic N) is 1. The molecule has 1 aromatic rings.